The molecular weight excluding hydrogens is 490 g/mol. The molecule has 0 aliphatic carbocycles. The van der Waals surface area contributed by atoms with Crippen LogP contribution in [-0.4, -0.2) is 48.8 Å². The van der Waals surface area contributed by atoms with Crippen LogP contribution in [0.15, 0.2) is 85.1 Å². The first kappa shape index (κ1) is 24.6. The van der Waals surface area contributed by atoms with Crippen LogP contribution < -0.4 is 11.1 Å². The van der Waals surface area contributed by atoms with Crippen molar-refractivity contribution in [3.05, 3.63) is 96.2 Å². The van der Waals surface area contributed by atoms with E-state index in [2.05, 4.69) is 34.5 Å². The first-order valence-corrected chi connectivity index (χ1v) is 13.0. The number of carbonyl (C=O) groups is 1. The smallest absolute Gasteiger partial charge is 0.248 e. The molecule has 1 amide bonds. The van der Waals surface area contributed by atoms with Gasteiger partial charge in [0.15, 0.2) is 11.5 Å². The lowest BCUT2D eigenvalue weighted by Gasteiger charge is -2.32. The van der Waals surface area contributed by atoms with Gasteiger partial charge in [-0.25, -0.2) is 14.6 Å². The number of aromatic hydroxyl groups is 1. The summed E-state index contributed by atoms with van der Waals surface area (Å²) in [4.78, 5) is 23.7. The van der Waals surface area contributed by atoms with Crippen LogP contribution in [0, 0.1) is 0 Å². The SMILES string of the molecule is NC(=O)c1ccc(Nc2nc(-c3ccc(O)cc3)nc3c2cnn3C2CCN(Cc3ccccc3)CC2)cc1. The highest BCUT2D eigenvalue weighted by molar-refractivity contribution is 5.94. The molecule has 5 aromatic rings. The number of fused-ring (bicyclic) bond motifs is 1. The number of hydrogen-bond donors (Lipinski definition) is 3. The lowest BCUT2D eigenvalue weighted by molar-refractivity contribution is 0.100. The molecule has 1 saturated heterocycles. The quantitative estimate of drug-likeness (QED) is 0.280. The Balaban J connectivity index is 1.31. The van der Waals surface area contributed by atoms with Gasteiger partial charge in [-0.3, -0.25) is 9.69 Å². The van der Waals surface area contributed by atoms with Crippen LogP contribution in [0.5, 0.6) is 5.75 Å². The molecule has 3 aromatic carbocycles. The van der Waals surface area contributed by atoms with Crippen LogP contribution in [0.25, 0.3) is 22.4 Å². The standard InChI is InChI=1S/C30H29N7O2/c31-27(39)21-6-10-23(11-7-21)33-29-26-18-32-37(30(26)35-28(34-29)22-8-12-25(38)13-9-22)24-14-16-36(17-15-24)19-20-4-2-1-3-5-20/h1-13,18,24,38H,14-17,19H2,(H2,31,39)(H,33,34,35). The van der Waals surface area contributed by atoms with Crippen molar-refractivity contribution in [1.82, 2.24) is 24.6 Å². The first-order valence-electron chi connectivity index (χ1n) is 13.0. The average molecular weight is 520 g/mol. The molecule has 9 heteroatoms. The summed E-state index contributed by atoms with van der Waals surface area (Å²) in [5, 5.41) is 18.7. The fraction of sp³-hybridized carbons (Fsp3) is 0.200. The Bertz CT molecular complexity index is 1590. The topological polar surface area (TPSA) is 122 Å². The molecule has 1 aliphatic heterocycles. The Morgan fingerprint density at radius 1 is 0.949 bits per heavy atom. The van der Waals surface area contributed by atoms with Gasteiger partial charge in [0.25, 0.3) is 0 Å². The number of primary amides is 1. The molecule has 3 heterocycles. The Hall–Kier alpha value is -4.76. The molecule has 0 bridgehead atoms. The zero-order valence-electron chi connectivity index (χ0n) is 21.4. The molecule has 196 valence electrons. The van der Waals surface area contributed by atoms with Gasteiger partial charge in [0, 0.05) is 36.4 Å². The monoisotopic (exact) mass is 519 g/mol. The zero-order valence-corrected chi connectivity index (χ0v) is 21.4. The number of anilines is 2. The second-order valence-electron chi connectivity index (χ2n) is 9.83. The number of nitrogens with zero attached hydrogens (tertiary/aromatic N) is 5. The highest BCUT2D eigenvalue weighted by Crippen LogP contribution is 2.32. The predicted molar refractivity (Wildman–Crippen MR) is 151 cm³/mol. The molecule has 1 fully saturated rings. The van der Waals surface area contributed by atoms with Crippen molar-refractivity contribution in [3.63, 3.8) is 0 Å². The molecule has 0 atom stereocenters. The molecule has 0 spiro atoms. The van der Waals surface area contributed by atoms with Crippen molar-refractivity contribution in [2.24, 2.45) is 5.73 Å². The van der Waals surface area contributed by atoms with E-state index in [9.17, 15) is 9.90 Å². The number of aromatic nitrogens is 4. The summed E-state index contributed by atoms with van der Waals surface area (Å²) in [6, 6.07) is 24.6. The fourth-order valence-electron chi connectivity index (χ4n) is 5.05. The fourth-order valence-corrected chi connectivity index (χ4v) is 5.05. The second-order valence-corrected chi connectivity index (χ2v) is 9.83. The van der Waals surface area contributed by atoms with Crippen molar-refractivity contribution < 1.29 is 9.90 Å². The molecule has 6 rings (SSSR count). The molecule has 0 unspecified atom stereocenters. The number of hydrogen-bond acceptors (Lipinski definition) is 7. The zero-order chi connectivity index (χ0) is 26.8. The van der Waals surface area contributed by atoms with Gasteiger partial charge < -0.3 is 16.2 Å². The molecule has 1 aliphatic rings. The van der Waals surface area contributed by atoms with Crippen LogP contribution in [0.3, 0.4) is 0 Å². The van der Waals surface area contributed by atoms with Gasteiger partial charge in [-0.1, -0.05) is 30.3 Å². The lowest BCUT2D eigenvalue weighted by Crippen LogP contribution is -2.34. The van der Waals surface area contributed by atoms with Gasteiger partial charge in [0.05, 0.1) is 17.6 Å². The number of nitrogens with two attached hydrogens (primary N) is 1. The van der Waals surface area contributed by atoms with Crippen molar-refractivity contribution in [2.45, 2.75) is 25.4 Å². The van der Waals surface area contributed by atoms with Crippen molar-refractivity contribution >= 4 is 28.4 Å². The maximum absolute atomic E-state index is 11.5. The van der Waals surface area contributed by atoms with Crippen molar-refractivity contribution in [1.29, 1.82) is 0 Å². The third-order valence-electron chi connectivity index (χ3n) is 7.16. The second kappa shape index (κ2) is 10.5. The van der Waals surface area contributed by atoms with Crippen LogP contribution in [-0.2, 0) is 6.54 Å². The summed E-state index contributed by atoms with van der Waals surface area (Å²) in [6.07, 6.45) is 3.76. The van der Waals surface area contributed by atoms with E-state index in [0.717, 1.165) is 54.8 Å². The Kier molecular flexibility index (Phi) is 6.64. The van der Waals surface area contributed by atoms with E-state index in [1.807, 2.05) is 16.9 Å². The summed E-state index contributed by atoms with van der Waals surface area (Å²) in [6.45, 7) is 2.91. The molecule has 4 N–H and O–H groups in total. The number of piperidine rings is 1. The maximum atomic E-state index is 11.5. The summed E-state index contributed by atoms with van der Waals surface area (Å²) >= 11 is 0. The first-order chi connectivity index (χ1) is 19.0. The summed E-state index contributed by atoms with van der Waals surface area (Å²) < 4.78 is 2.03. The maximum Gasteiger partial charge on any atom is 0.248 e. The molecule has 9 nitrogen and oxygen atoms in total. The van der Waals surface area contributed by atoms with Gasteiger partial charge in [0.1, 0.15) is 11.6 Å². The van der Waals surface area contributed by atoms with E-state index >= 15 is 0 Å². The summed E-state index contributed by atoms with van der Waals surface area (Å²) in [7, 11) is 0. The van der Waals surface area contributed by atoms with Crippen LogP contribution in [0.1, 0.15) is 34.8 Å². The Labute approximate surface area is 225 Å². The molecule has 0 saturated carbocycles. The Morgan fingerprint density at radius 3 is 2.36 bits per heavy atom. The number of carbonyl (C=O) groups excluding carboxylic acids is 1. The molecule has 2 aromatic heterocycles. The lowest BCUT2D eigenvalue weighted by atomic mass is 10.0. The average Bonchev–Trinajstić information content (AvgIpc) is 3.39. The third kappa shape index (κ3) is 5.30. The number of amides is 1. The van der Waals surface area contributed by atoms with Gasteiger partial charge in [0.2, 0.25) is 5.91 Å². The minimum atomic E-state index is -0.475. The van der Waals surface area contributed by atoms with Gasteiger partial charge >= 0.3 is 0 Å². The van der Waals surface area contributed by atoms with Crippen LogP contribution >= 0.6 is 0 Å². The highest BCUT2D eigenvalue weighted by Gasteiger charge is 2.24. The van der Waals surface area contributed by atoms with E-state index in [-0.39, 0.29) is 11.8 Å². The molecule has 0 radical (unpaired) electrons. The van der Waals surface area contributed by atoms with Crippen molar-refractivity contribution in [3.8, 4) is 17.1 Å². The summed E-state index contributed by atoms with van der Waals surface area (Å²) in [5.74, 6) is 0.849. The van der Waals surface area contributed by atoms with E-state index in [1.54, 1.807) is 48.5 Å². The van der Waals surface area contributed by atoms with Crippen molar-refractivity contribution in [2.75, 3.05) is 18.4 Å². The normalized spacial score (nSPS) is 14.5. The van der Waals surface area contributed by atoms with Crippen LogP contribution in [0.2, 0.25) is 0 Å². The number of likely N-dealkylation sites (tertiary alicyclic amines) is 1. The largest absolute Gasteiger partial charge is 0.508 e. The van der Waals surface area contributed by atoms with E-state index in [0.29, 0.717) is 17.2 Å². The summed E-state index contributed by atoms with van der Waals surface area (Å²) in [5.41, 5.74) is 9.46. The van der Waals surface area contributed by atoms with E-state index in [1.165, 1.54) is 5.56 Å². The van der Waals surface area contributed by atoms with Gasteiger partial charge in [-0.2, -0.15) is 5.10 Å². The Morgan fingerprint density at radius 2 is 1.67 bits per heavy atom. The van der Waals surface area contributed by atoms with E-state index < -0.39 is 5.91 Å². The van der Waals surface area contributed by atoms with Gasteiger partial charge in [-0.15, -0.1) is 0 Å². The predicted octanol–water partition coefficient (Wildman–Crippen LogP) is 4.88. The number of benzene rings is 3. The van der Waals surface area contributed by atoms with Gasteiger partial charge in [-0.05, 0) is 66.9 Å². The third-order valence-corrected chi connectivity index (χ3v) is 7.16. The number of nitrogens with one attached hydrogen (secondary N) is 1. The minimum Gasteiger partial charge on any atom is -0.508 e. The molecule has 39 heavy (non-hydrogen) atoms. The highest BCUT2D eigenvalue weighted by atomic mass is 16.3. The number of phenolic OH excluding ortho intramolecular Hbond substituents is 1. The molecular formula is C30H29N7O2. The van der Waals surface area contributed by atoms with Crippen LogP contribution in [0.4, 0.5) is 11.5 Å². The minimum absolute atomic E-state index is 0.181. The number of rotatable bonds is 7. The number of phenols is 1. The van der Waals surface area contributed by atoms with E-state index in [4.69, 9.17) is 20.8 Å².